The smallest absolute Gasteiger partial charge is 0.328 e. The molecule has 24 heavy (non-hydrogen) atoms. The van der Waals surface area contributed by atoms with E-state index in [1.165, 1.54) is 20.0 Å². The fourth-order valence-electron chi connectivity index (χ4n) is 3.30. The lowest BCUT2D eigenvalue weighted by Crippen LogP contribution is -2.53. The van der Waals surface area contributed by atoms with Crippen molar-refractivity contribution in [2.24, 2.45) is 17.8 Å². The summed E-state index contributed by atoms with van der Waals surface area (Å²) in [6, 6.07) is -0.763. The molecular weight excluding hydrogens is 308 g/mol. The van der Waals surface area contributed by atoms with Crippen LogP contribution in [0.15, 0.2) is 0 Å². The van der Waals surface area contributed by atoms with E-state index in [-0.39, 0.29) is 35.6 Å². The summed E-state index contributed by atoms with van der Waals surface area (Å²) in [6.45, 7) is 5.86. The number of esters is 1. The van der Waals surface area contributed by atoms with Crippen molar-refractivity contribution in [1.82, 2.24) is 10.6 Å². The van der Waals surface area contributed by atoms with Gasteiger partial charge in [-0.1, -0.05) is 19.8 Å². The summed E-state index contributed by atoms with van der Waals surface area (Å²) in [5, 5.41) is 5.77. The number of rotatable bonds is 7. The van der Waals surface area contributed by atoms with Gasteiger partial charge >= 0.3 is 5.97 Å². The van der Waals surface area contributed by atoms with Crippen LogP contribution in [0.5, 0.6) is 0 Å². The molecule has 1 unspecified atom stereocenters. The number of ether oxygens (including phenoxy) is 1. The van der Waals surface area contributed by atoms with Crippen molar-refractivity contribution in [2.75, 3.05) is 7.11 Å². The highest BCUT2D eigenvalue weighted by Crippen LogP contribution is 2.35. The highest BCUT2D eigenvalue weighted by atomic mass is 16.5. The van der Waals surface area contributed by atoms with Crippen molar-refractivity contribution < 1.29 is 19.1 Å². The first-order valence-corrected chi connectivity index (χ1v) is 8.92. The molecule has 2 fully saturated rings. The minimum atomic E-state index is -0.763. The Morgan fingerprint density at radius 3 is 2.50 bits per heavy atom. The van der Waals surface area contributed by atoms with Gasteiger partial charge in [0, 0.05) is 17.4 Å². The number of amides is 2. The van der Waals surface area contributed by atoms with Crippen molar-refractivity contribution >= 4 is 17.8 Å². The first-order valence-electron chi connectivity index (χ1n) is 8.92. The van der Waals surface area contributed by atoms with Crippen LogP contribution in [-0.2, 0) is 19.1 Å². The van der Waals surface area contributed by atoms with Gasteiger partial charge in [0.05, 0.1) is 7.11 Å². The third kappa shape index (κ3) is 5.21. The molecule has 0 radical (unpaired) electrons. The Balaban J connectivity index is 1.94. The molecule has 1 aliphatic heterocycles. The van der Waals surface area contributed by atoms with E-state index in [9.17, 15) is 14.4 Å². The van der Waals surface area contributed by atoms with E-state index in [0.29, 0.717) is 12.3 Å². The number of carbonyl (C=O) groups is 3. The van der Waals surface area contributed by atoms with Crippen LogP contribution >= 0.6 is 0 Å². The number of methoxy groups -OCH3 is 1. The maximum absolute atomic E-state index is 12.3. The topological polar surface area (TPSA) is 84.5 Å². The highest BCUT2D eigenvalue weighted by Gasteiger charge is 2.36. The van der Waals surface area contributed by atoms with Gasteiger partial charge < -0.3 is 15.4 Å². The van der Waals surface area contributed by atoms with E-state index >= 15 is 0 Å². The number of nitrogens with one attached hydrogen (secondary N) is 2. The van der Waals surface area contributed by atoms with Crippen LogP contribution < -0.4 is 10.6 Å². The van der Waals surface area contributed by atoms with Crippen LogP contribution in [0.2, 0.25) is 0 Å². The summed E-state index contributed by atoms with van der Waals surface area (Å²) in [5.41, 5.74) is -0.212. The molecule has 2 rings (SSSR count). The van der Waals surface area contributed by atoms with Crippen LogP contribution in [0, 0.1) is 17.8 Å². The van der Waals surface area contributed by atoms with E-state index in [4.69, 9.17) is 4.74 Å². The van der Waals surface area contributed by atoms with Gasteiger partial charge in [0.25, 0.3) is 0 Å². The van der Waals surface area contributed by atoms with Gasteiger partial charge in [-0.25, -0.2) is 4.79 Å². The minimum absolute atomic E-state index is 0.0552. The molecule has 2 N–H and O–H groups in total. The summed E-state index contributed by atoms with van der Waals surface area (Å²) in [5.74, 6) is -0.424. The molecule has 0 aromatic carbocycles. The zero-order valence-electron chi connectivity index (χ0n) is 15.2. The summed E-state index contributed by atoms with van der Waals surface area (Å²) in [4.78, 5) is 36.6. The molecular formula is C18H30N2O4. The Hall–Kier alpha value is -1.59. The van der Waals surface area contributed by atoms with Crippen molar-refractivity contribution in [2.45, 2.75) is 70.9 Å². The van der Waals surface area contributed by atoms with Crippen LogP contribution in [0.25, 0.3) is 0 Å². The molecule has 2 aliphatic rings. The minimum Gasteiger partial charge on any atom is -0.467 e. The molecule has 6 nitrogen and oxygen atoms in total. The Morgan fingerprint density at radius 1 is 1.29 bits per heavy atom. The Labute approximate surface area is 144 Å². The molecule has 1 heterocycles. The van der Waals surface area contributed by atoms with E-state index < -0.39 is 12.0 Å². The summed E-state index contributed by atoms with van der Waals surface area (Å²) < 4.78 is 4.82. The molecule has 0 aromatic rings. The van der Waals surface area contributed by atoms with Crippen molar-refractivity contribution in [3.05, 3.63) is 0 Å². The first kappa shape index (κ1) is 18.7. The van der Waals surface area contributed by atoms with Crippen LogP contribution in [0.4, 0.5) is 0 Å². The normalized spacial score (nSPS) is 25.3. The molecule has 6 heteroatoms. The lowest BCUT2D eigenvalue weighted by Gasteiger charge is -2.36. The van der Waals surface area contributed by atoms with E-state index in [1.54, 1.807) is 0 Å². The largest absolute Gasteiger partial charge is 0.467 e. The summed E-state index contributed by atoms with van der Waals surface area (Å²) in [7, 11) is 1.30. The third-order valence-electron chi connectivity index (χ3n) is 5.10. The van der Waals surface area contributed by atoms with Gasteiger partial charge in [-0.3, -0.25) is 9.59 Å². The van der Waals surface area contributed by atoms with Crippen LogP contribution in [-0.4, -0.2) is 36.5 Å². The summed E-state index contributed by atoms with van der Waals surface area (Å²) >= 11 is 0. The Kier molecular flexibility index (Phi) is 5.88. The third-order valence-corrected chi connectivity index (χ3v) is 5.10. The quantitative estimate of drug-likeness (QED) is 0.693. The average Bonchev–Trinajstić information content (AvgIpc) is 3.31. The molecule has 1 saturated heterocycles. The van der Waals surface area contributed by atoms with E-state index in [0.717, 1.165) is 12.8 Å². The maximum Gasteiger partial charge on any atom is 0.328 e. The first-order chi connectivity index (χ1) is 11.2. The number of hydrogen-bond acceptors (Lipinski definition) is 4. The second kappa shape index (κ2) is 7.53. The SMILES string of the molecule is COC(=O)[C@H](CC1CCC(C)(C)NC1=O)NC(=O)[C@@H](C)CC1CC1. The molecule has 1 saturated carbocycles. The average molecular weight is 338 g/mol. The molecule has 0 aromatic heterocycles. The standard InChI is InChI=1S/C18H30N2O4/c1-11(9-12-5-6-12)15(21)19-14(17(23)24-4)10-13-7-8-18(2,3)20-16(13)22/h11-14H,5-10H2,1-4H3,(H,19,21)(H,20,22)/t11-,13?,14-/m0/s1. The highest BCUT2D eigenvalue weighted by molar-refractivity contribution is 5.87. The zero-order valence-corrected chi connectivity index (χ0v) is 15.2. The van der Waals surface area contributed by atoms with Crippen LogP contribution in [0.3, 0.4) is 0 Å². The van der Waals surface area contributed by atoms with Gasteiger partial charge in [-0.15, -0.1) is 0 Å². The lowest BCUT2D eigenvalue weighted by atomic mass is 9.83. The second-order valence-electron chi connectivity index (χ2n) is 8.01. The van der Waals surface area contributed by atoms with E-state index in [2.05, 4.69) is 10.6 Å². The monoisotopic (exact) mass is 338 g/mol. The number of carbonyl (C=O) groups excluding carboxylic acids is 3. The van der Waals surface area contributed by atoms with Gasteiger partial charge in [0.1, 0.15) is 6.04 Å². The second-order valence-corrected chi connectivity index (χ2v) is 8.01. The lowest BCUT2D eigenvalue weighted by molar-refractivity contribution is -0.146. The summed E-state index contributed by atoms with van der Waals surface area (Å²) in [6.07, 6.45) is 5.09. The Morgan fingerprint density at radius 2 is 1.96 bits per heavy atom. The molecule has 0 spiro atoms. The van der Waals surface area contributed by atoms with Crippen molar-refractivity contribution in [3.63, 3.8) is 0 Å². The van der Waals surface area contributed by atoms with Gasteiger partial charge in [-0.05, 0) is 45.4 Å². The fourth-order valence-corrected chi connectivity index (χ4v) is 3.30. The predicted molar refractivity (Wildman–Crippen MR) is 90.0 cm³/mol. The molecule has 1 aliphatic carbocycles. The van der Waals surface area contributed by atoms with Crippen molar-refractivity contribution in [3.8, 4) is 0 Å². The molecule has 136 valence electrons. The Bertz CT molecular complexity index is 499. The zero-order chi connectivity index (χ0) is 17.9. The van der Waals surface area contributed by atoms with Gasteiger partial charge in [0.15, 0.2) is 0 Å². The molecule has 2 amide bonds. The molecule has 0 bridgehead atoms. The number of piperidine rings is 1. The fraction of sp³-hybridized carbons (Fsp3) is 0.833. The van der Waals surface area contributed by atoms with Crippen molar-refractivity contribution in [1.29, 1.82) is 0 Å². The molecule has 3 atom stereocenters. The van der Waals surface area contributed by atoms with E-state index in [1.807, 2.05) is 20.8 Å². The predicted octanol–water partition coefficient (Wildman–Crippen LogP) is 1.78. The van der Waals surface area contributed by atoms with Gasteiger partial charge in [-0.2, -0.15) is 0 Å². The number of hydrogen-bond donors (Lipinski definition) is 2. The maximum atomic E-state index is 12.3. The van der Waals surface area contributed by atoms with Gasteiger partial charge in [0.2, 0.25) is 11.8 Å². The van der Waals surface area contributed by atoms with Crippen LogP contribution in [0.1, 0.15) is 59.3 Å².